The highest BCUT2D eigenvalue weighted by Crippen LogP contribution is 2.44. The number of rotatable bonds is 3. The van der Waals surface area contributed by atoms with Crippen LogP contribution in [0.4, 0.5) is 5.69 Å². The zero-order chi connectivity index (χ0) is 18.3. The molecule has 1 aromatic carbocycles. The molecule has 3 heterocycles. The number of thiocarbonyl (C=S) groups is 1. The molecule has 3 nitrogen and oxygen atoms in total. The maximum atomic E-state index is 5.75. The first-order valence-corrected chi connectivity index (χ1v) is 10.4. The van der Waals surface area contributed by atoms with Gasteiger partial charge in [-0.05, 0) is 89.5 Å². The van der Waals surface area contributed by atoms with E-state index in [1.807, 2.05) is 18.3 Å². The molecule has 0 saturated carbocycles. The predicted octanol–water partition coefficient (Wildman–Crippen LogP) is 5.70. The number of nitrogens with zero attached hydrogens (tertiary/aromatic N) is 2. The first-order valence-electron chi connectivity index (χ1n) is 8.37. The lowest BCUT2D eigenvalue weighted by atomic mass is 10.0. The molecule has 132 valence electrons. The standard InChI is InChI=1S/C20H18BrN3S2/c1-12-9-13(2)11-14(10-12)24-19(16-6-7-17(21)26-16)18(23-20(24)25)15-5-3-4-8-22-15/h3-11,18-19H,1-2H3,(H,23,25)/t18-,19-/m1/s1. The topological polar surface area (TPSA) is 28.2 Å². The summed E-state index contributed by atoms with van der Waals surface area (Å²) in [6.07, 6.45) is 1.83. The van der Waals surface area contributed by atoms with Crippen LogP contribution in [0.1, 0.15) is 33.8 Å². The fourth-order valence-corrected chi connectivity index (χ4v) is 5.40. The van der Waals surface area contributed by atoms with Crippen LogP contribution >= 0.6 is 39.5 Å². The Morgan fingerprint density at radius 1 is 1.12 bits per heavy atom. The number of benzene rings is 1. The normalized spacial score (nSPS) is 19.7. The third-order valence-electron chi connectivity index (χ3n) is 4.47. The Morgan fingerprint density at radius 3 is 2.50 bits per heavy atom. The van der Waals surface area contributed by atoms with E-state index in [4.69, 9.17) is 12.2 Å². The molecule has 1 saturated heterocycles. The molecule has 1 fully saturated rings. The van der Waals surface area contributed by atoms with Crippen LogP contribution in [0.5, 0.6) is 0 Å². The number of pyridine rings is 1. The number of anilines is 1. The molecule has 1 aliphatic heterocycles. The Bertz CT molecular complexity index is 934. The second-order valence-electron chi connectivity index (χ2n) is 6.48. The Kier molecular flexibility index (Phi) is 4.82. The molecular formula is C20H18BrN3S2. The van der Waals surface area contributed by atoms with Gasteiger partial charge >= 0.3 is 0 Å². The molecule has 0 unspecified atom stereocenters. The smallest absolute Gasteiger partial charge is 0.174 e. The monoisotopic (exact) mass is 443 g/mol. The maximum Gasteiger partial charge on any atom is 0.174 e. The van der Waals surface area contributed by atoms with Gasteiger partial charge in [0.2, 0.25) is 0 Å². The maximum absolute atomic E-state index is 5.75. The van der Waals surface area contributed by atoms with E-state index in [0.29, 0.717) is 0 Å². The van der Waals surface area contributed by atoms with Crippen LogP contribution in [0.2, 0.25) is 0 Å². The van der Waals surface area contributed by atoms with E-state index in [9.17, 15) is 0 Å². The summed E-state index contributed by atoms with van der Waals surface area (Å²) in [5, 5.41) is 4.24. The number of nitrogens with one attached hydrogen (secondary N) is 1. The summed E-state index contributed by atoms with van der Waals surface area (Å²) in [6.45, 7) is 4.24. The lowest BCUT2D eigenvalue weighted by Gasteiger charge is -2.27. The van der Waals surface area contributed by atoms with Gasteiger partial charge in [0, 0.05) is 16.8 Å². The van der Waals surface area contributed by atoms with E-state index in [1.165, 1.54) is 16.0 Å². The summed E-state index contributed by atoms with van der Waals surface area (Å²) in [4.78, 5) is 8.06. The number of hydrogen-bond acceptors (Lipinski definition) is 3. The predicted molar refractivity (Wildman–Crippen MR) is 116 cm³/mol. The van der Waals surface area contributed by atoms with Gasteiger partial charge in [-0.1, -0.05) is 12.1 Å². The first kappa shape index (κ1) is 17.6. The molecule has 1 N–H and O–H groups in total. The molecule has 4 rings (SSSR count). The molecule has 6 heteroatoms. The van der Waals surface area contributed by atoms with Crippen molar-refractivity contribution in [3.63, 3.8) is 0 Å². The second kappa shape index (κ2) is 7.10. The molecule has 0 spiro atoms. The highest BCUT2D eigenvalue weighted by Gasteiger charge is 2.41. The van der Waals surface area contributed by atoms with Crippen molar-refractivity contribution in [3.05, 3.63) is 80.2 Å². The zero-order valence-corrected chi connectivity index (χ0v) is 17.7. The van der Waals surface area contributed by atoms with Crippen molar-refractivity contribution in [2.24, 2.45) is 0 Å². The van der Waals surface area contributed by atoms with Crippen LogP contribution in [0, 0.1) is 13.8 Å². The van der Waals surface area contributed by atoms with E-state index in [1.54, 1.807) is 11.3 Å². The minimum atomic E-state index is 0.00932. The minimum absolute atomic E-state index is 0.00932. The lowest BCUT2D eigenvalue weighted by molar-refractivity contribution is 0.575. The quantitative estimate of drug-likeness (QED) is 0.525. The Balaban J connectivity index is 1.85. The van der Waals surface area contributed by atoms with Gasteiger partial charge in [0.15, 0.2) is 5.11 Å². The van der Waals surface area contributed by atoms with Crippen molar-refractivity contribution < 1.29 is 0 Å². The van der Waals surface area contributed by atoms with Gasteiger partial charge in [0.25, 0.3) is 0 Å². The number of halogens is 1. The van der Waals surface area contributed by atoms with E-state index < -0.39 is 0 Å². The third-order valence-corrected chi connectivity index (χ3v) is 6.48. The van der Waals surface area contributed by atoms with E-state index in [0.717, 1.165) is 20.3 Å². The number of hydrogen-bond donors (Lipinski definition) is 1. The average Bonchev–Trinajstić information content (AvgIpc) is 3.18. The third kappa shape index (κ3) is 3.29. The minimum Gasteiger partial charge on any atom is -0.351 e. The molecule has 0 aliphatic carbocycles. The van der Waals surface area contributed by atoms with Gasteiger partial charge in [0.1, 0.15) is 0 Å². The molecule has 0 amide bonds. The lowest BCUT2D eigenvalue weighted by Crippen LogP contribution is -2.29. The molecule has 3 aromatic rings. The van der Waals surface area contributed by atoms with E-state index >= 15 is 0 Å². The van der Waals surface area contributed by atoms with Gasteiger partial charge < -0.3 is 10.2 Å². The van der Waals surface area contributed by atoms with Crippen LogP contribution in [0.3, 0.4) is 0 Å². The summed E-state index contributed by atoms with van der Waals surface area (Å²) < 4.78 is 1.12. The van der Waals surface area contributed by atoms with Crippen LogP contribution in [-0.2, 0) is 0 Å². The van der Waals surface area contributed by atoms with Crippen molar-refractivity contribution in [1.29, 1.82) is 0 Å². The fourth-order valence-electron chi connectivity index (χ4n) is 3.50. The largest absolute Gasteiger partial charge is 0.351 e. The van der Waals surface area contributed by atoms with Gasteiger partial charge in [-0.3, -0.25) is 4.98 Å². The van der Waals surface area contributed by atoms with Crippen molar-refractivity contribution >= 4 is 50.3 Å². The molecule has 2 atom stereocenters. The highest BCUT2D eigenvalue weighted by atomic mass is 79.9. The van der Waals surface area contributed by atoms with Crippen LogP contribution in [-0.4, -0.2) is 10.1 Å². The van der Waals surface area contributed by atoms with Crippen LogP contribution in [0.25, 0.3) is 0 Å². The zero-order valence-electron chi connectivity index (χ0n) is 14.4. The van der Waals surface area contributed by atoms with Crippen molar-refractivity contribution in [2.45, 2.75) is 25.9 Å². The summed E-state index contributed by atoms with van der Waals surface area (Å²) in [7, 11) is 0. The van der Waals surface area contributed by atoms with Gasteiger partial charge in [-0.2, -0.15) is 0 Å². The SMILES string of the molecule is Cc1cc(C)cc(N2C(=S)N[C@H](c3ccccn3)[C@H]2c2ccc(Br)s2)c1. The summed E-state index contributed by atoms with van der Waals surface area (Å²) in [5.74, 6) is 0. The highest BCUT2D eigenvalue weighted by molar-refractivity contribution is 9.11. The summed E-state index contributed by atoms with van der Waals surface area (Å²) >= 11 is 11.1. The molecule has 1 aliphatic rings. The van der Waals surface area contributed by atoms with Gasteiger partial charge in [-0.25, -0.2) is 0 Å². The summed E-state index contributed by atoms with van der Waals surface area (Å²) in [6, 6.07) is 16.9. The van der Waals surface area contributed by atoms with Gasteiger partial charge in [-0.15, -0.1) is 11.3 Å². The Hall–Kier alpha value is -1.76. The van der Waals surface area contributed by atoms with Crippen molar-refractivity contribution in [3.8, 4) is 0 Å². The van der Waals surface area contributed by atoms with Crippen LogP contribution < -0.4 is 10.2 Å². The molecule has 0 radical (unpaired) electrons. The second-order valence-corrected chi connectivity index (χ2v) is 9.37. The Morgan fingerprint density at radius 2 is 1.88 bits per heavy atom. The number of thiophene rings is 1. The molecule has 2 aromatic heterocycles. The Labute approximate surface area is 171 Å². The van der Waals surface area contributed by atoms with E-state index in [-0.39, 0.29) is 12.1 Å². The molecular weight excluding hydrogens is 426 g/mol. The van der Waals surface area contributed by atoms with Crippen molar-refractivity contribution in [2.75, 3.05) is 4.90 Å². The average molecular weight is 444 g/mol. The molecule has 26 heavy (non-hydrogen) atoms. The van der Waals surface area contributed by atoms with Crippen molar-refractivity contribution in [1.82, 2.24) is 10.3 Å². The summed E-state index contributed by atoms with van der Waals surface area (Å²) in [5.41, 5.74) is 4.58. The first-order chi connectivity index (χ1) is 12.5. The van der Waals surface area contributed by atoms with E-state index in [2.05, 4.69) is 81.4 Å². The fraction of sp³-hybridized carbons (Fsp3) is 0.200. The van der Waals surface area contributed by atoms with Gasteiger partial charge in [0.05, 0.1) is 21.6 Å². The number of aromatic nitrogens is 1. The number of aryl methyl sites for hydroxylation is 2. The van der Waals surface area contributed by atoms with Crippen LogP contribution in [0.15, 0.2) is 58.5 Å². The molecule has 0 bridgehead atoms.